The third-order valence-electron chi connectivity index (χ3n) is 3.52. The Bertz CT molecular complexity index is 686. The molecule has 1 heterocycles. The Labute approximate surface area is 134 Å². The van der Waals surface area contributed by atoms with Gasteiger partial charge < -0.3 is 15.4 Å². The van der Waals surface area contributed by atoms with Gasteiger partial charge in [-0.15, -0.1) is 0 Å². The Morgan fingerprint density at radius 1 is 1.35 bits per heavy atom. The van der Waals surface area contributed by atoms with Crippen molar-refractivity contribution in [3.05, 3.63) is 36.2 Å². The third-order valence-corrected chi connectivity index (χ3v) is 5.16. The van der Waals surface area contributed by atoms with E-state index >= 15 is 0 Å². The molecular weight excluding hydrogens is 323 g/mol. The number of nitrogens with two attached hydrogens (primary N) is 1. The van der Waals surface area contributed by atoms with Crippen molar-refractivity contribution >= 4 is 15.7 Å². The Hall–Kier alpha value is -1.93. The van der Waals surface area contributed by atoms with Gasteiger partial charge in [0.1, 0.15) is 18.2 Å². The normalized spacial score (nSPS) is 16.0. The second-order valence-electron chi connectivity index (χ2n) is 5.24. The van der Waals surface area contributed by atoms with Gasteiger partial charge in [-0.25, -0.2) is 12.8 Å². The van der Waals surface area contributed by atoms with Gasteiger partial charge in [-0.05, 0) is 30.7 Å². The van der Waals surface area contributed by atoms with E-state index in [4.69, 9.17) is 10.5 Å². The number of likely N-dealkylation sites (tertiary alicyclic amines) is 1. The molecule has 0 bridgehead atoms. The maximum atomic E-state index is 12.4. The molecule has 0 aromatic heterocycles. The Morgan fingerprint density at radius 3 is 2.57 bits per heavy atom. The smallest absolute Gasteiger partial charge is 0.223 e. The first-order valence-corrected chi connectivity index (χ1v) is 8.83. The van der Waals surface area contributed by atoms with Gasteiger partial charge in [-0.3, -0.25) is 4.79 Å². The number of hydrogen-bond donors (Lipinski definition) is 1. The summed E-state index contributed by atoms with van der Waals surface area (Å²) < 4.78 is 42.3. The summed E-state index contributed by atoms with van der Waals surface area (Å²) in [5.74, 6) is -0.0385. The number of amides is 1. The Balaban J connectivity index is 2.02. The molecule has 23 heavy (non-hydrogen) atoms. The number of sulfone groups is 1. The number of ether oxygens (including phenoxy) is 1. The minimum Gasteiger partial charge on any atom is -0.489 e. The lowest BCUT2D eigenvalue weighted by atomic mass is 10.3. The van der Waals surface area contributed by atoms with Gasteiger partial charge in [0, 0.05) is 25.1 Å². The van der Waals surface area contributed by atoms with E-state index in [9.17, 15) is 17.6 Å². The van der Waals surface area contributed by atoms with Gasteiger partial charge in [0.2, 0.25) is 5.91 Å². The molecule has 0 atom stereocenters. The van der Waals surface area contributed by atoms with Gasteiger partial charge in [0.15, 0.2) is 9.84 Å². The average Bonchev–Trinajstić information content (AvgIpc) is 2.93. The summed E-state index contributed by atoms with van der Waals surface area (Å²) in [6, 6.07) is 5.80. The predicted molar refractivity (Wildman–Crippen MR) is 83.2 cm³/mol. The lowest BCUT2D eigenvalue weighted by Gasteiger charge is -2.15. The first kappa shape index (κ1) is 17.4. The van der Waals surface area contributed by atoms with Crippen LogP contribution in [0.5, 0.6) is 5.75 Å². The first-order valence-electron chi connectivity index (χ1n) is 7.18. The van der Waals surface area contributed by atoms with Crippen LogP contribution in [0.1, 0.15) is 12.8 Å². The maximum Gasteiger partial charge on any atom is 0.223 e. The van der Waals surface area contributed by atoms with Crippen LogP contribution in [0.2, 0.25) is 0 Å². The van der Waals surface area contributed by atoms with Crippen molar-refractivity contribution in [1.82, 2.24) is 4.90 Å². The molecule has 1 amide bonds. The zero-order chi connectivity index (χ0) is 16.9. The summed E-state index contributed by atoms with van der Waals surface area (Å²) in [5.41, 5.74) is 5.62. The van der Waals surface area contributed by atoms with E-state index in [0.717, 1.165) is 0 Å². The van der Waals surface area contributed by atoms with Crippen molar-refractivity contribution in [3.63, 3.8) is 0 Å². The highest BCUT2D eigenvalue weighted by Gasteiger charge is 2.26. The molecule has 0 spiro atoms. The van der Waals surface area contributed by atoms with Gasteiger partial charge in [-0.2, -0.15) is 0 Å². The van der Waals surface area contributed by atoms with Crippen LogP contribution in [0.25, 0.3) is 0 Å². The summed E-state index contributed by atoms with van der Waals surface area (Å²) in [4.78, 5) is 13.0. The SMILES string of the molecule is NCC(=CF)COc1ccc(S(=O)(=O)CN2CCCC2=O)cc1. The van der Waals surface area contributed by atoms with Crippen LogP contribution < -0.4 is 10.5 Å². The molecule has 126 valence electrons. The monoisotopic (exact) mass is 342 g/mol. The third kappa shape index (κ3) is 4.52. The number of halogens is 1. The fraction of sp³-hybridized carbons (Fsp3) is 0.400. The Kier molecular flexibility index (Phi) is 5.73. The molecule has 0 unspecified atom stereocenters. The average molecular weight is 342 g/mol. The molecule has 0 saturated carbocycles. The van der Waals surface area contributed by atoms with Crippen molar-refractivity contribution in [3.8, 4) is 5.75 Å². The summed E-state index contributed by atoms with van der Waals surface area (Å²) in [5, 5.41) is 0. The number of hydrogen-bond acceptors (Lipinski definition) is 5. The van der Waals surface area contributed by atoms with E-state index in [-0.39, 0.29) is 29.8 Å². The first-order chi connectivity index (χ1) is 11.0. The molecule has 2 N–H and O–H groups in total. The molecule has 2 rings (SSSR count). The standard InChI is InChI=1S/C15H19FN2O4S/c16-8-12(9-17)10-22-13-3-5-14(6-4-13)23(20,21)11-18-7-1-2-15(18)19/h3-6,8H,1-2,7,9-11,17H2. The number of nitrogens with zero attached hydrogens (tertiary/aromatic N) is 1. The molecule has 1 aliphatic heterocycles. The van der Waals surface area contributed by atoms with Crippen LogP contribution in [0.3, 0.4) is 0 Å². The van der Waals surface area contributed by atoms with Crippen LogP contribution in [0.15, 0.2) is 41.1 Å². The molecule has 1 aromatic rings. The summed E-state index contributed by atoms with van der Waals surface area (Å²) in [6.07, 6.45) is 1.48. The highest BCUT2D eigenvalue weighted by molar-refractivity contribution is 7.91. The fourth-order valence-corrected chi connectivity index (χ4v) is 3.56. The minimum atomic E-state index is -3.58. The van der Waals surface area contributed by atoms with Gasteiger partial charge in [-0.1, -0.05) is 0 Å². The van der Waals surface area contributed by atoms with Crippen molar-refractivity contribution in [2.24, 2.45) is 5.73 Å². The highest BCUT2D eigenvalue weighted by atomic mass is 32.2. The quantitative estimate of drug-likeness (QED) is 0.805. The second kappa shape index (κ2) is 7.56. The van der Waals surface area contributed by atoms with Crippen LogP contribution >= 0.6 is 0 Å². The van der Waals surface area contributed by atoms with Crippen molar-refractivity contribution in [2.75, 3.05) is 25.6 Å². The van der Waals surface area contributed by atoms with Crippen LogP contribution in [-0.2, 0) is 14.6 Å². The predicted octanol–water partition coefficient (Wildman–Crippen LogP) is 1.23. The van der Waals surface area contributed by atoms with Crippen molar-refractivity contribution < 1.29 is 22.3 Å². The van der Waals surface area contributed by atoms with E-state index in [1.165, 1.54) is 29.2 Å². The molecule has 0 radical (unpaired) electrons. The van der Waals surface area contributed by atoms with E-state index in [1.54, 1.807) is 0 Å². The molecule has 1 aromatic carbocycles. The highest BCUT2D eigenvalue weighted by Crippen LogP contribution is 2.20. The van der Waals surface area contributed by atoms with E-state index < -0.39 is 9.84 Å². The van der Waals surface area contributed by atoms with E-state index in [2.05, 4.69) is 0 Å². The molecule has 1 fully saturated rings. The summed E-state index contributed by atoms with van der Waals surface area (Å²) in [6.45, 7) is 0.519. The number of carbonyl (C=O) groups excluding carboxylic acids is 1. The van der Waals surface area contributed by atoms with Crippen LogP contribution in [0.4, 0.5) is 4.39 Å². The lowest BCUT2D eigenvalue weighted by Crippen LogP contribution is -2.30. The lowest BCUT2D eigenvalue weighted by molar-refractivity contribution is -0.126. The minimum absolute atomic E-state index is 0.00137. The van der Waals surface area contributed by atoms with E-state index in [0.29, 0.717) is 37.0 Å². The van der Waals surface area contributed by atoms with Crippen LogP contribution in [0, 0.1) is 0 Å². The molecular formula is C15H19FN2O4S. The van der Waals surface area contributed by atoms with Crippen molar-refractivity contribution in [1.29, 1.82) is 0 Å². The fourth-order valence-electron chi connectivity index (χ4n) is 2.17. The van der Waals surface area contributed by atoms with Crippen LogP contribution in [-0.4, -0.2) is 44.8 Å². The molecule has 6 nitrogen and oxygen atoms in total. The van der Waals surface area contributed by atoms with Crippen molar-refractivity contribution in [2.45, 2.75) is 17.7 Å². The zero-order valence-electron chi connectivity index (χ0n) is 12.6. The number of carbonyl (C=O) groups is 1. The van der Waals surface area contributed by atoms with Gasteiger partial charge >= 0.3 is 0 Å². The summed E-state index contributed by atoms with van der Waals surface area (Å²) in [7, 11) is -3.58. The molecule has 1 aliphatic rings. The van der Waals surface area contributed by atoms with E-state index in [1.807, 2.05) is 0 Å². The topological polar surface area (TPSA) is 89.7 Å². The van der Waals surface area contributed by atoms with Gasteiger partial charge in [0.25, 0.3) is 0 Å². The molecule has 0 aliphatic carbocycles. The number of benzene rings is 1. The largest absolute Gasteiger partial charge is 0.489 e. The maximum absolute atomic E-state index is 12.4. The van der Waals surface area contributed by atoms with Gasteiger partial charge in [0.05, 0.1) is 11.2 Å². The Morgan fingerprint density at radius 2 is 2.04 bits per heavy atom. The molecule has 8 heteroatoms. The molecule has 1 saturated heterocycles. The second-order valence-corrected chi connectivity index (χ2v) is 7.20. The number of rotatable bonds is 7. The summed E-state index contributed by atoms with van der Waals surface area (Å²) >= 11 is 0. The zero-order valence-corrected chi connectivity index (χ0v) is 13.4.